The first-order valence-electron chi connectivity index (χ1n) is 5.75. The summed E-state index contributed by atoms with van der Waals surface area (Å²) in [5.74, 6) is 0. The maximum Gasteiger partial charge on any atom is 0.0818 e. The third-order valence-electron chi connectivity index (χ3n) is 2.85. The summed E-state index contributed by atoms with van der Waals surface area (Å²) < 4.78 is 2.69. The average Bonchev–Trinajstić information content (AvgIpc) is 2.89. The molecule has 0 saturated carbocycles. The Kier molecular flexibility index (Phi) is 3.05. The minimum Gasteiger partial charge on any atom is -0.398 e. The molecule has 3 rings (SSSR count). The number of halogens is 1. The standard InChI is InChI=1S/C14H11BrN4/c15-12-8-17-6-5-14(12)19-9-10(7-18-19)11-3-1-2-4-13(11)16/h1-9H,16H2. The van der Waals surface area contributed by atoms with E-state index in [0.717, 1.165) is 27.0 Å². The van der Waals surface area contributed by atoms with Crippen molar-refractivity contribution in [2.75, 3.05) is 5.73 Å². The molecule has 19 heavy (non-hydrogen) atoms. The zero-order chi connectivity index (χ0) is 13.2. The van der Waals surface area contributed by atoms with Crippen LogP contribution in [0.3, 0.4) is 0 Å². The number of nitrogens with two attached hydrogens (primary N) is 1. The molecule has 0 bridgehead atoms. The number of benzene rings is 1. The van der Waals surface area contributed by atoms with E-state index in [2.05, 4.69) is 26.0 Å². The van der Waals surface area contributed by atoms with Crippen molar-refractivity contribution in [1.82, 2.24) is 14.8 Å². The zero-order valence-electron chi connectivity index (χ0n) is 9.99. The van der Waals surface area contributed by atoms with Crippen LogP contribution < -0.4 is 5.73 Å². The van der Waals surface area contributed by atoms with E-state index >= 15 is 0 Å². The van der Waals surface area contributed by atoms with E-state index in [9.17, 15) is 0 Å². The van der Waals surface area contributed by atoms with Gasteiger partial charge in [0.2, 0.25) is 0 Å². The summed E-state index contributed by atoms with van der Waals surface area (Å²) in [6.07, 6.45) is 7.23. The molecule has 0 radical (unpaired) electrons. The molecule has 2 N–H and O–H groups in total. The molecule has 0 aliphatic carbocycles. The lowest BCUT2D eigenvalue weighted by Gasteiger charge is -2.03. The van der Waals surface area contributed by atoms with E-state index in [1.165, 1.54) is 0 Å². The van der Waals surface area contributed by atoms with Crippen molar-refractivity contribution in [3.05, 3.63) is 59.6 Å². The molecule has 94 valence electrons. The van der Waals surface area contributed by atoms with Crippen molar-refractivity contribution in [3.8, 4) is 16.8 Å². The summed E-state index contributed by atoms with van der Waals surface area (Å²) in [5.41, 5.74) is 9.63. The number of nitrogen functional groups attached to an aromatic ring is 1. The van der Waals surface area contributed by atoms with Crippen LogP contribution in [0.2, 0.25) is 0 Å². The molecule has 0 unspecified atom stereocenters. The van der Waals surface area contributed by atoms with Gasteiger partial charge in [-0.15, -0.1) is 0 Å². The lowest BCUT2D eigenvalue weighted by molar-refractivity contribution is 0.873. The topological polar surface area (TPSA) is 56.7 Å². The van der Waals surface area contributed by atoms with Crippen molar-refractivity contribution in [3.63, 3.8) is 0 Å². The quantitative estimate of drug-likeness (QED) is 0.738. The Bertz CT molecular complexity index is 661. The molecule has 3 aromatic rings. The number of pyridine rings is 1. The van der Waals surface area contributed by atoms with E-state index in [0.29, 0.717) is 0 Å². The molecule has 2 aromatic heterocycles. The number of hydrogen-bond acceptors (Lipinski definition) is 3. The van der Waals surface area contributed by atoms with Gasteiger partial charge in [0.25, 0.3) is 0 Å². The zero-order valence-corrected chi connectivity index (χ0v) is 11.6. The van der Waals surface area contributed by atoms with Gasteiger partial charge in [0.1, 0.15) is 0 Å². The van der Waals surface area contributed by atoms with Gasteiger partial charge >= 0.3 is 0 Å². The molecule has 0 spiro atoms. The highest BCUT2D eigenvalue weighted by molar-refractivity contribution is 9.10. The Hall–Kier alpha value is -2.14. The van der Waals surface area contributed by atoms with Gasteiger partial charge in [0.15, 0.2) is 0 Å². The summed E-state index contributed by atoms with van der Waals surface area (Å²) >= 11 is 3.46. The number of anilines is 1. The maximum absolute atomic E-state index is 5.97. The molecule has 0 atom stereocenters. The summed E-state index contributed by atoms with van der Waals surface area (Å²) in [4.78, 5) is 4.04. The predicted molar refractivity (Wildman–Crippen MR) is 78.9 cm³/mol. The van der Waals surface area contributed by atoms with Gasteiger partial charge in [0.05, 0.1) is 16.4 Å². The number of aromatic nitrogens is 3. The van der Waals surface area contributed by atoms with Crippen LogP contribution in [-0.2, 0) is 0 Å². The normalized spacial score (nSPS) is 10.6. The second-order valence-electron chi connectivity index (χ2n) is 4.09. The molecule has 5 heteroatoms. The lowest BCUT2D eigenvalue weighted by Crippen LogP contribution is -1.95. The van der Waals surface area contributed by atoms with E-state index in [1.54, 1.807) is 23.3 Å². The van der Waals surface area contributed by atoms with Crippen LogP contribution in [-0.4, -0.2) is 14.8 Å². The summed E-state index contributed by atoms with van der Waals surface area (Å²) in [7, 11) is 0. The molecule has 0 saturated heterocycles. The number of rotatable bonds is 2. The Balaban J connectivity index is 2.06. The third-order valence-corrected chi connectivity index (χ3v) is 3.46. The molecule has 0 aliphatic heterocycles. The second kappa shape index (κ2) is 4.85. The van der Waals surface area contributed by atoms with Gasteiger partial charge in [-0.2, -0.15) is 5.10 Å². The van der Waals surface area contributed by atoms with Gasteiger partial charge in [-0.1, -0.05) is 18.2 Å². The molecule has 4 nitrogen and oxygen atoms in total. The second-order valence-corrected chi connectivity index (χ2v) is 4.94. The Morgan fingerprint density at radius 1 is 1.11 bits per heavy atom. The molecule has 2 heterocycles. The monoisotopic (exact) mass is 314 g/mol. The highest BCUT2D eigenvalue weighted by Crippen LogP contribution is 2.27. The minimum atomic E-state index is 0.746. The molecular formula is C14H11BrN4. The first kappa shape index (κ1) is 11.9. The SMILES string of the molecule is Nc1ccccc1-c1cnn(-c2ccncc2Br)c1. The predicted octanol–water partition coefficient (Wildman–Crippen LogP) is 3.28. The van der Waals surface area contributed by atoms with Crippen LogP contribution in [0.25, 0.3) is 16.8 Å². The Morgan fingerprint density at radius 3 is 2.74 bits per heavy atom. The first-order valence-corrected chi connectivity index (χ1v) is 6.54. The van der Waals surface area contributed by atoms with Crippen molar-refractivity contribution >= 4 is 21.6 Å². The summed E-state index contributed by atoms with van der Waals surface area (Å²) in [5, 5.41) is 4.37. The molecule has 0 fully saturated rings. The van der Waals surface area contributed by atoms with Crippen LogP contribution in [0.5, 0.6) is 0 Å². The van der Waals surface area contributed by atoms with Gasteiger partial charge in [-0.25, -0.2) is 4.68 Å². The minimum absolute atomic E-state index is 0.746. The highest BCUT2D eigenvalue weighted by atomic mass is 79.9. The summed E-state index contributed by atoms with van der Waals surface area (Å²) in [6, 6.07) is 9.65. The van der Waals surface area contributed by atoms with E-state index in [1.807, 2.05) is 36.5 Å². The van der Waals surface area contributed by atoms with Crippen LogP contribution in [0, 0.1) is 0 Å². The molecular weight excluding hydrogens is 304 g/mol. The van der Waals surface area contributed by atoms with Crippen LogP contribution in [0.4, 0.5) is 5.69 Å². The number of hydrogen-bond donors (Lipinski definition) is 1. The van der Waals surface area contributed by atoms with Crippen molar-refractivity contribution in [2.24, 2.45) is 0 Å². The van der Waals surface area contributed by atoms with E-state index in [4.69, 9.17) is 5.73 Å². The van der Waals surface area contributed by atoms with Gasteiger partial charge < -0.3 is 5.73 Å². The van der Waals surface area contributed by atoms with Crippen molar-refractivity contribution in [2.45, 2.75) is 0 Å². The fourth-order valence-electron chi connectivity index (χ4n) is 1.91. The highest BCUT2D eigenvalue weighted by Gasteiger charge is 2.07. The lowest BCUT2D eigenvalue weighted by atomic mass is 10.1. The third kappa shape index (κ3) is 2.24. The fraction of sp³-hybridized carbons (Fsp3) is 0. The Morgan fingerprint density at radius 2 is 1.95 bits per heavy atom. The fourth-order valence-corrected chi connectivity index (χ4v) is 2.34. The van der Waals surface area contributed by atoms with E-state index in [-0.39, 0.29) is 0 Å². The largest absolute Gasteiger partial charge is 0.398 e. The summed E-state index contributed by atoms with van der Waals surface area (Å²) in [6.45, 7) is 0. The molecule has 0 amide bonds. The van der Waals surface area contributed by atoms with Crippen LogP contribution in [0.1, 0.15) is 0 Å². The maximum atomic E-state index is 5.97. The van der Waals surface area contributed by atoms with Crippen molar-refractivity contribution in [1.29, 1.82) is 0 Å². The van der Waals surface area contributed by atoms with Gasteiger partial charge in [0, 0.05) is 35.4 Å². The number of nitrogens with zero attached hydrogens (tertiary/aromatic N) is 3. The first-order chi connectivity index (χ1) is 9.25. The van der Waals surface area contributed by atoms with Crippen LogP contribution >= 0.6 is 15.9 Å². The van der Waals surface area contributed by atoms with E-state index < -0.39 is 0 Å². The molecule has 1 aromatic carbocycles. The number of para-hydroxylation sites is 1. The smallest absolute Gasteiger partial charge is 0.0818 e. The average molecular weight is 315 g/mol. The van der Waals surface area contributed by atoms with Crippen LogP contribution in [0.15, 0.2) is 59.6 Å². The molecule has 0 aliphatic rings. The van der Waals surface area contributed by atoms with Gasteiger partial charge in [-0.3, -0.25) is 4.98 Å². The Labute approximate surface area is 119 Å². The van der Waals surface area contributed by atoms with Crippen molar-refractivity contribution < 1.29 is 0 Å². The van der Waals surface area contributed by atoms with Gasteiger partial charge in [-0.05, 0) is 28.1 Å².